The average Bonchev–Trinajstić information content (AvgIpc) is 2.97. The normalized spacial score (nSPS) is 32.6. The second kappa shape index (κ2) is 13.7. The van der Waals surface area contributed by atoms with Gasteiger partial charge < -0.3 is 28.8 Å². The Kier molecular flexibility index (Phi) is 10.4. The topological polar surface area (TPSA) is 152 Å². The van der Waals surface area contributed by atoms with Gasteiger partial charge in [-0.15, -0.1) is 0 Å². The molecule has 260 valence electrons. The number of rotatable bonds is 7. The fourth-order valence-electron chi connectivity index (χ4n) is 7.95. The summed E-state index contributed by atoms with van der Waals surface area (Å²) in [5.74, 6) is -4.10. The summed E-state index contributed by atoms with van der Waals surface area (Å²) in [5.41, 5.74) is -1.98. The predicted molar refractivity (Wildman–Crippen MR) is 174 cm³/mol. The molecule has 2 bridgehead atoms. The van der Waals surface area contributed by atoms with Crippen molar-refractivity contribution in [2.24, 2.45) is 16.7 Å². The summed E-state index contributed by atoms with van der Waals surface area (Å²) in [7, 11) is 0. The van der Waals surface area contributed by atoms with E-state index < -0.39 is 82.7 Å². The van der Waals surface area contributed by atoms with Crippen LogP contribution in [-0.4, -0.2) is 71.1 Å². The maximum absolute atomic E-state index is 13.1. The summed E-state index contributed by atoms with van der Waals surface area (Å²) in [6.45, 7) is 16.3. The molecule has 11 nitrogen and oxygen atoms in total. The van der Waals surface area contributed by atoms with E-state index in [0.29, 0.717) is 16.7 Å². The second-order valence-electron chi connectivity index (χ2n) is 13.8. The monoisotopic (exact) mass is 666 g/mol. The van der Waals surface area contributed by atoms with Crippen LogP contribution in [0.1, 0.15) is 80.2 Å². The van der Waals surface area contributed by atoms with Crippen LogP contribution < -0.4 is 0 Å². The van der Waals surface area contributed by atoms with Crippen LogP contribution in [0.3, 0.4) is 0 Å². The van der Waals surface area contributed by atoms with Crippen molar-refractivity contribution in [1.29, 1.82) is 0 Å². The lowest BCUT2D eigenvalue weighted by atomic mass is 9.48. The number of benzene rings is 1. The van der Waals surface area contributed by atoms with Crippen LogP contribution >= 0.6 is 0 Å². The van der Waals surface area contributed by atoms with Gasteiger partial charge in [0.2, 0.25) is 0 Å². The largest absolute Gasteiger partial charge is 0.462 e. The number of ether oxygens (including phenoxy) is 5. The molecule has 11 heteroatoms. The van der Waals surface area contributed by atoms with E-state index >= 15 is 0 Å². The van der Waals surface area contributed by atoms with E-state index in [1.54, 1.807) is 33.8 Å². The first-order chi connectivity index (χ1) is 22.3. The first kappa shape index (κ1) is 36.6. The number of aliphatic hydroxyl groups is 1. The van der Waals surface area contributed by atoms with Gasteiger partial charge >= 0.3 is 29.8 Å². The lowest BCUT2D eigenvalue weighted by Crippen LogP contribution is -2.68. The van der Waals surface area contributed by atoms with Crippen LogP contribution in [0.5, 0.6) is 0 Å². The standard InChI is InChI=1S/C37H46O11/c1-20-27-18-37(43)19-29(44-22(3)38)21(2)32(35(37,7)8)33(46-24(5)40)34(47-25(6)41)36(27,9)30(45-23(4)39)17-28(20)48-31(42)16-15-26-13-11-10-12-14-26/h10-16,27-30,33-34,43H,1,17-19H2,2-9H3/b16-15+/t27-,28+,29+,30+,33-,34+,36+,37+/m1/s1. The highest BCUT2D eigenvalue weighted by molar-refractivity contribution is 5.87. The summed E-state index contributed by atoms with van der Waals surface area (Å²) < 4.78 is 29.6. The van der Waals surface area contributed by atoms with E-state index in [9.17, 15) is 29.1 Å². The number of carbonyl (C=O) groups is 5. The zero-order valence-corrected chi connectivity index (χ0v) is 28.9. The SMILES string of the molecule is C=C1[C@@H](OC(=O)/C=C/c2ccccc2)C[C@H](OC(C)=O)[C@]2(C)[C@@H]1C[C@]1(O)C[C@H](OC(C)=O)C(C)=C([C@@H](OC(C)=O)[C@@H]2OC(C)=O)C1(C)C. The number of hydrogen-bond acceptors (Lipinski definition) is 11. The number of fused-ring (bicyclic) bond motifs is 3. The summed E-state index contributed by atoms with van der Waals surface area (Å²) >= 11 is 0. The molecule has 0 heterocycles. The lowest BCUT2D eigenvalue weighted by molar-refractivity contribution is -0.224. The van der Waals surface area contributed by atoms with Crippen molar-refractivity contribution in [3.63, 3.8) is 0 Å². The van der Waals surface area contributed by atoms with Gasteiger partial charge in [0.1, 0.15) is 18.3 Å². The van der Waals surface area contributed by atoms with Gasteiger partial charge in [0.15, 0.2) is 12.2 Å². The van der Waals surface area contributed by atoms with Crippen molar-refractivity contribution >= 4 is 35.9 Å². The van der Waals surface area contributed by atoms with Gasteiger partial charge in [-0.25, -0.2) is 4.79 Å². The zero-order valence-electron chi connectivity index (χ0n) is 28.9. The Balaban J connectivity index is 1.93. The Labute approximate surface area is 281 Å². The molecule has 1 aromatic rings. The first-order valence-electron chi connectivity index (χ1n) is 16.1. The molecule has 2 saturated carbocycles. The van der Waals surface area contributed by atoms with E-state index in [1.807, 2.05) is 30.3 Å². The van der Waals surface area contributed by atoms with Gasteiger partial charge in [0.05, 0.1) is 11.0 Å². The van der Waals surface area contributed by atoms with Gasteiger partial charge in [-0.3, -0.25) is 19.2 Å². The molecule has 0 amide bonds. The third kappa shape index (κ3) is 6.97. The quantitative estimate of drug-likeness (QED) is 0.185. The van der Waals surface area contributed by atoms with Gasteiger partial charge in [-0.05, 0) is 47.6 Å². The molecule has 0 radical (unpaired) electrons. The molecule has 1 N–H and O–H groups in total. The van der Waals surface area contributed by atoms with Crippen molar-refractivity contribution in [3.8, 4) is 0 Å². The van der Waals surface area contributed by atoms with Crippen molar-refractivity contribution in [3.05, 3.63) is 65.3 Å². The van der Waals surface area contributed by atoms with Gasteiger partial charge in [0, 0.05) is 52.0 Å². The Morgan fingerprint density at radius 2 is 1.40 bits per heavy atom. The molecule has 3 aliphatic rings. The van der Waals surface area contributed by atoms with Crippen molar-refractivity contribution in [1.82, 2.24) is 0 Å². The molecule has 3 aliphatic carbocycles. The molecule has 0 saturated heterocycles. The highest BCUT2D eigenvalue weighted by Crippen LogP contribution is 2.62. The van der Waals surface area contributed by atoms with E-state index in [-0.39, 0.29) is 19.3 Å². The fraction of sp³-hybridized carbons (Fsp3) is 0.541. The smallest absolute Gasteiger partial charge is 0.331 e. The Bertz CT molecular complexity index is 1540. The van der Waals surface area contributed by atoms with Crippen LogP contribution in [0, 0.1) is 16.7 Å². The van der Waals surface area contributed by atoms with E-state index in [2.05, 4.69) is 6.58 Å². The maximum Gasteiger partial charge on any atom is 0.331 e. The van der Waals surface area contributed by atoms with E-state index in [1.165, 1.54) is 33.8 Å². The Hall–Kier alpha value is -4.25. The minimum Gasteiger partial charge on any atom is -0.462 e. The lowest BCUT2D eigenvalue weighted by Gasteiger charge is -2.61. The summed E-state index contributed by atoms with van der Waals surface area (Å²) in [6.07, 6.45) is -2.69. The molecular weight excluding hydrogens is 620 g/mol. The molecule has 8 atom stereocenters. The van der Waals surface area contributed by atoms with Crippen LogP contribution in [0.4, 0.5) is 0 Å². The second-order valence-corrected chi connectivity index (χ2v) is 13.8. The van der Waals surface area contributed by atoms with Gasteiger partial charge in [-0.2, -0.15) is 0 Å². The molecule has 0 aliphatic heterocycles. The highest BCUT2D eigenvalue weighted by Gasteiger charge is 2.67. The van der Waals surface area contributed by atoms with E-state index in [0.717, 1.165) is 5.56 Å². The summed E-state index contributed by atoms with van der Waals surface area (Å²) in [4.78, 5) is 63.6. The number of hydrogen-bond donors (Lipinski definition) is 1. The fourth-order valence-corrected chi connectivity index (χ4v) is 7.95. The predicted octanol–water partition coefficient (Wildman–Crippen LogP) is 4.80. The Morgan fingerprint density at radius 3 is 1.96 bits per heavy atom. The molecule has 0 aromatic heterocycles. The third-order valence-corrected chi connectivity index (χ3v) is 10.4. The van der Waals surface area contributed by atoms with Crippen LogP contribution in [0.2, 0.25) is 0 Å². The number of carbonyl (C=O) groups excluding carboxylic acids is 5. The van der Waals surface area contributed by atoms with Crippen LogP contribution in [0.25, 0.3) is 6.08 Å². The zero-order chi connectivity index (χ0) is 35.8. The minimum atomic E-state index is -1.63. The third-order valence-electron chi connectivity index (χ3n) is 10.4. The Morgan fingerprint density at radius 1 is 0.812 bits per heavy atom. The molecule has 48 heavy (non-hydrogen) atoms. The molecule has 2 fully saturated rings. The number of esters is 5. The van der Waals surface area contributed by atoms with Gasteiger partial charge in [0.25, 0.3) is 0 Å². The van der Waals surface area contributed by atoms with Crippen LogP contribution in [0.15, 0.2) is 59.7 Å². The molecule has 1 aromatic carbocycles. The average molecular weight is 667 g/mol. The van der Waals surface area contributed by atoms with Crippen molar-refractivity contribution < 1.29 is 52.8 Å². The van der Waals surface area contributed by atoms with Crippen molar-refractivity contribution in [2.75, 3.05) is 0 Å². The van der Waals surface area contributed by atoms with Gasteiger partial charge in [-0.1, -0.05) is 57.7 Å². The maximum atomic E-state index is 13.1. The highest BCUT2D eigenvalue weighted by atomic mass is 16.6. The minimum absolute atomic E-state index is 0.0116. The van der Waals surface area contributed by atoms with Crippen LogP contribution in [-0.2, 0) is 47.7 Å². The summed E-state index contributed by atoms with van der Waals surface area (Å²) in [6, 6.07) is 9.18. The molecular formula is C37H46O11. The molecule has 0 unspecified atom stereocenters. The molecule has 0 spiro atoms. The first-order valence-corrected chi connectivity index (χ1v) is 16.1. The molecule has 4 rings (SSSR count). The summed E-state index contributed by atoms with van der Waals surface area (Å²) in [5, 5.41) is 12.7. The van der Waals surface area contributed by atoms with Crippen molar-refractivity contribution in [2.45, 2.75) is 111 Å². The van der Waals surface area contributed by atoms with E-state index in [4.69, 9.17) is 23.7 Å².